The summed E-state index contributed by atoms with van der Waals surface area (Å²) in [6.45, 7) is 6.30. The molecule has 1 N–H and O–H groups in total. The Balaban J connectivity index is 0.000000427. The van der Waals surface area contributed by atoms with Crippen LogP contribution >= 0.6 is 0 Å². The van der Waals surface area contributed by atoms with E-state index in [0.717, 1.165) is 12.0 Å². The maximum atomic E-state index is 9.41. The fourth-order valence-electron chi connectivity index (χ4n) is 1.47. The molecule has 20 heavy (non-hydrogen) atoms. The summed E-state index contributed by atoms with van der Waals surface area (Å²) in [4.78, 5) is 3.25. The Bertz CT molecular complexity index is 447. The standard InChI is InChI=1S/C11H16O2.C5H5.CH2.Ti/c1-11(2,3)8-5-9(12)7-10(6-8)13-4;1-2-4-5-3-1;;/h5-7,12H,1-4H3;1-3H,4H2;1H2;/q;-1;;+1. The molecule has 0 saturated carbocycles. The molecule has 1 aromatic carbocycles. The van der Waals surface area contributed by atoms with Gasteiger partial charge in [0.25, 0.3) is 0 Å². The van der Waals surface area contributed by atoms with E-state index in [-0.39, 0.29) is 11.2 Å². The first-order chi connectivity index (χ1) is 9.43. The number of rotatable bonds is 1. The molecule has 0 atom stereocenters. The van der Waals surface area contributed by atoms with Crippen LogP contribution in [0.3, 0.4) is 0 Å². The molecule has 2 rings (SSSR count). The minimum absolute atomic E-state index is 0.0338. The number of hydrogen-bond acceptors (Lipinski definition) is 2. The van der Waals surface area contributed by atoms with Gasteiger partial charge in [-0.25, -0.2) is 12.2 Å². The minimum atomic E-state index is 0.0338. The van der Waals surface area contributed by atoms with Crippen molar-refractivity contribution in [2.75, 3.05) is 7.11 Å². The molecule has 0 saturated heterocycles. The fourth-order valence-corrected chi connectivity index (χ4v) is 1.47. The molecule has 0 aromatic heterocycles. The molecule has 0 spiro atoms. The van der Waals surface area contributed by atoms with Gasteiger partial charge in [-0.15, -0.1) is 6.42 Å². The first-order valence-corrected chi connectivity index (χ1v) is 7.49. The molecule has 0 aliphatic heterocycles. The van der Waals surface area contributed by atoms with Gasteiger partial charge in [-0.05, 0) is 23.1 Å². The van der Waals surface area contributed by atoms with Crippen LogP contribution < -0.4 is 4.74 Å². The van der Waals surface area contributed by atoms with E-state index in [0.29, 0.717) is 5.75 Å². The number of benzene rings is 1. The molecular weight excluding hydrogens is 284 g/mol. The summed E-state index contributed by atoms with van der Waals surface area (Å²) in [7, 11) is 1.60. The average molecular weight is 307 g/mol. The van der Waals surface area contributed by atoms with E-state index in [9.17, 15) is 5.11 Å². The van der Waals surface area contributed by atoms with Crippen molar-refractivity contribution >= 4 is 4.82 Å². The van der Waals surface area contributed by atoms with E-state index >= 15 is 0 Å². The molecule has 0 heterocycles. The number of methoxy groups -OCH3 is 1. The van der Waals surface area contributed by atoms with Crippen molar-refractivity contribution in [3.8, 4) is 11.5 Å². The maximum absolute atomic E-state index is 9.41. The van der Waals surface area contributed by atoms with E-state index in [1.807, 2.05) is 18.2 Å². The number of phenols is 1. The zero-order valence-corrected chi connectivity index (χ0v) is 14.3. The molecule has 0 amide bonds. The summed E-state index contributed by atoms with van der Waals surface area (Å²) in [6, 6.07) is 5.32. The van der Waals surface area contributed by atoms with E-state index in [2.05, 4.69) is 37.7 Å². The normalized spacial score (nSPS) is 12.1. The van der Waals surface area contributed by atoms with Gasteiger partial charge in [-0.2, -0.15) is 6.08 Å². The van der Waals surface area contributed by atoms with E-state index in [4.69, 9.17) is 4.74 Å². The summed E-state index contributed by atoms with van der Waals surface area (Å²) < 4.78 is 5.07. The van der Waals surface area contributed by atoms with Crippen molar-refractivity contribution in [1.82, 2.24) is 0 Å². The quantitative estimate of drug-likeness (QED) is 0.628. The molecular formula is C17H23O2Ti. The third-order valence-corrected chi connectivity index (χ3v) is 2.58. The predicted octanol–water partition coefficient (Wildman–Crippen LogP) is 3.97. The molecule has 1 aliphatic rings. The van der Waals surface area contributed by atoms with Crippen molar-refractivity contribution in [2.45, 2.75) is 32.6 Å². The Morgan fingerprint density at radius 3 is 2.25 bits per heavy atom. The van der Waals surface area contributed by atoms with Crippen LogP contribution in [0.15, 0.2) is 36.4 Å². The van der Waals surface area contributed by atoms with Gasteiger partial charge in [0.1, 0.15) is 11.5 Å². The van der Waals surface area contributed by atoms with Gasteiger partial charge < -0.3 is 9.84 Å². The van der Waals surface area contributed by atoms with Crippen LogP contribution in [0.25, 0.3) is 0 Å². The van der Waals surface area contributed by atoms with Crippen molar-refractivity contribution in [3.05, 3.63) is 48.1 Å². The third-order valence-electron chi connectivity index (χ3n) is 2.58. The molecule has 2 nitrogen and oxygen atoms in total. The molecule has 1 aromatic rings. The van der Waals surface area contributed by atoms with Crippen LogP contribution in [0, 0.1) is 6.08 Å². The molecule has 1 aliphatic carbocycles. The van der Waals surface area contributed by atoms with Crippen LogP contribution in [0.5, 0.6) is 11.5 Å². The van der Waals surface area contributed by atoms with Crippen LogP contribution in [0.2, 0.25) is 0 Å². The SMILES string of the molecule is COc1cc(O)cc(C(C)(C)C)c1.[C-]1=CC=CC1.[CH2]=[Ti+]. The summed E-state index contributed by atoms with van der Waals surface area (Å²) >= 11 is 1.75. The second-order valence-corrected chi connectivity index (χ2v) is 5.17. The zero-order chi connectivity index (χ0) is 15.6. The Morgan fingerprint density at radius 2 is 1.90 bits per heavy atom. The second kappa shape index (κ2) is 9.74. The van der Waals surface area contributed by atoms with Gasteiger partial charge in [0, 0.05) is 6.07 Å². The zero-order valence-electron chi connectivity index (χ0n) is 12.7. The summed E-state index contributed by atoms with van der Waals surface area (Å²) in [5.74, 6) is 0.953. The first-order valence-electron chi connectivity index (χ1n) is 6.39. The molecule has 0 radical (unpaired) electrons. The Labute approximate surface area is 134 Å². The van der Waals surface area contributed by atoms with Crippen molar-refractivity contribution < 1.29 is 29.8 Å². The van der Waals surface area contributed by atoms with Gasteiger partial charge in [0.2, 0.25) is 0 Å². The number of allylic oxidation sites excluding steroid dienone is 4. The average Bonchev–Trinajstić information content (AvgIpc) is 2.98. The molecule has 107 valence electrons. The number of aromatic hydroxyl groups is 1. The monoisotopic (exact) mass is 307 g/mol. The van der Waals surface area contributed by atoms with E-state index in [1.165, 1.54) is 0 Å². The summed E-state index contributed by atoms with van der Waals surface area (Å²) in [5, 5.41) is 9.41. The van der Waals surface area contributed by atoms with Crippen molar-refractivity contribution in [1.29, 1.82) is 0 Å². The van der Waals surface area contributed by atoms with Gasteiger partial charge in [0.15, 0.2) is 0 Å². The Morgan fingerprint density at radius 1 is 1.25 bits per heavy atom. The van der Waals surface area contributed by atoms with Crippen LogP contribution in [-0.4, -0.2) is 17.0 Å². The van der Waals surface area contributed by atoms with Gasteiger partial charge in [-0.1, -0.05) is 20.8 Å². The van der Waals surface area contributed by atoms with E-state index < -0.39 is 0 Å². The van der Waals surface area contributed by atoms with Crippen LogP contribution in [0.4, 0.5) is 0 Å². The molecule has 0 fully saturated rings. The Kier molecular flexibility index (Phi) is 9.19. The van der Waals surface area contributed by atoms with Crippen LogP contribution in [0.1, 0.15) is 32.8 Å². The number of ether oxygens (including phenoxy) is 1. The van der Waals surface area contributed by atoms with Crippen molar-refractivity contribution in [2.24, 2.45) is 0 Å². The number of phenolic OH excluding ortho intramolecular Hbond substituents is 1. The summed E-state index contributed by atoms with van der Waals surface area (Å²) in [5.41, 5.74) is 1.11. The van der Waals surface area contributed by atoms with E-state index in [1.54, 1.807) is 39.2 Å². The Hall–Kier alpha value is -1.12. The molecule has 0 bridgehead atoms. The second-order valence-electron chi connectivity index (χ2n) is 5.17. The predicted molar refractivity (Wildman–Crippen MR) is 82.0 cm³/mol. The van der Waals surface area contributed by atoms with Crippen LogP contribution in [-0.2, 0) is 25.4 Å². The summed E-state index contributed by atoms with van der Waals surface area (Å²) in [6.07, 6.45) is 10.0. The molecule has 3 heteroatoms. The molecule has 0 unspecified atom stereocenters. The first kappa shape index (κ1) is 18.9. The van der Waals surface area contributed by atoms with Gasteiger partial charge >= 0.3 is 24.8 Å². The third kappa shape index (κ3) is 7.47. The topological polar surface area (TPSA) is 29.5 Å². The van der Waals surface area contributed by atoms with Gasteiger partial charge in [-0.3, -0.25) is 6.08 Å². The fraction of sp³-hybridized carbons (Fsp3) is 0.353. The van der Waals surface area contributed by atoms with Crippen molar-refractivity contribution in [3.63, 3.8) is 0 Å². The van der Waals surface area contributed by atoms with Gasteiger partial charge in [0.05, 0.1) is 7.11 Å². The number of hydrogen-bond donors (Lipinski definition) is 1.